The van der Waals surface area contributed by atoms with Crippen LogP contribution in [0.1, 0.15) is 31.4 Å². The highest BCUT2D eigenvalue weighted by molar-refractivity contribution is 9.10. The van der Waals surface area contributed by atoms with Crippen molar-refractivity contribution in [1.82, 2.24) is 4.98 Å². The first-order valence-corrected chi connectivity index (χ1v) is 5.29. The van der Waals surface area contributed by atoms with Crippen LogP contribution in [0.3, 0.4) is 0 Å². The number of pyridine rings is 1. The lowest BCUT2D eigenvalue weighted by Gasteiger charge is -2.10. The summed E-state index contributed by atoms with van der Waals surface area (Å²) in [4.78, 5) is 15.1. The predicted molar refractivity (Wildman–Crippen MR) is 57.2 cm³/mol. The summed E-state index contributed by atoms with van der Waals surface area (Å²) in [7, 11) is 0. The van der Waals surface area contributed by atoms with E-state index in [4.69, 9.17) is 5.11 Å². The molecule has 4 heteroatoms. The zero-order valence-corrected chi connectivity index (χ0v) is 9.49. The summed E-state index contributed by atoms with van der Waals surface area (Å²) in [5.41, 5.74) is 0.619. The second-order valence-electron chi connectivity index (χ2n) is 3.06. The molecule has 76 valence electrons. The van der Waals surface area contributed by atoms with E-state index in [2.05, 4.69) is 20.9 Å². The molecule has 0 radical (unpaired) electrons. The van der Waals surface area contributed by atoms with Crippen LogP contribution in [0.25, 0.3) is 0 Å². The van der Waals surface area contributed by atoms with Gasteiger partial charge in [-0.25, -0.2) is 4.98 Å². The van der Waals surface area contributed by atoms with E-state index in [0.29, 0.717) is 16.7 Å². The number of rotatable bonds is 4. The van der Waals surface area contributed by atoms with Crippen LogP contribution in [0.4, 0.5) is 0 Å². The summed E-state index contributed by atoms with van der Waals surface area (Å²) in [5.74, 6) is -1.30. The average molecular weight is 258 g/mol. The topological polar surface area (TPSA) is 50.2 Å². The predicted octanol–water partition coefficient (Wildman–Crippen LogP) is 2.81. The third-order valence-electron chi connectivity index (χ3n) is 1.97. The van der Waals surface area contributed by atoms with Crippen LogP contribution >= 0.6 is 15.9 Å². The number of carboxylic acid groups (broad SMARTS) is 1. The Hall–Kier alpha value is -0.900. The number of carbonyl (C=O) groups is 1. The Morgan fingerprint density at radius 1 is 1.64 bits per heavy atom. The second kappa shape index (κ2) is 5.10. The Labute approximate surface area is 91.3 Å². The highest BCUT2D eigenvalue weighted by Gasteiger charge is 2.19. The van der Waals surface area contributed by atoms with Gasteiger partial charge < -0.3 is 5.11 Å². The van der Waals surface area contributed by atoms with Gasteiger partial charge in [0.1, 0.15) is 4.60 Å². The molecule has 1 aromatic rings. The molecule has 1 unspecified atom stereocenters. The van der Waals surface area contributed by atoms with Crippen LogP contribution < -0.4 is 0 Å². The zero-order chi connectivity index (χ0) is 10.6. The molecular weight excluding hydrogens is 246 g/mol. The fourth-order valence-electron chi connectivity index (χ4n) is 1.30. The first-order chi connectivity index (χ1) is 6.65. The van der Waals surface area contributed by atoms with Crippen molar-refractivity contribution in [2.24, 2.45) is 0 Å². The largest absolute Gasteiger partial charge is 0.481 e. The van der Waals surface area contributed by atoms with E-state index >= 15 is 0 Å². The highest BCUT2D eigenvalue weighted by Crippen LogP contribution is 2.21. The molecule has 0 bridgehead atoms. The minimum absolute atomic E-state index is 0.488. The lowest BCUT2D eigenvalue weighted by atomic mass is 10.00. The summed E-state index contributed by atoms with van der Waals surface area (Å²) >= 11 is 3.23. The van der Waals surface area contributed by atoms with Crippen molar-refractivity contribution < 1.29 is 9.90 Å². The third kappa shape index (κ3) is 2.80. The Balaban J connectivity index is 2.93. The Morgan fingerprint density at radius 3 is 2.86 bits per heavy atom. The zero-order valence-electron chi connectivity index (χ0n) is 7.90. The fraction of sp³-hybridized carbons (Fsp3) is 0.400. The van der Waals surface area contributed by atoms with Crippen LogP contribution in [0.2, 0.25) is 0 Å². The molecule has 0 aromatic carbocycles. The number of halogens is 1. The minimum atomic E-state index is -0.808. The lowest BCUT2D eigenvalue weighted by Crippen LogP contribution is -2.12. The number of hydrogen-bond donors (Lipinski definition) is 1. The molecule has 1 rings (SSSR count). The quantitative estimate of drug-likeness (QED) is 0.845. The molecule has 0 aliphatic heterocycles. The van der Waals surface area contributed by atoms with Crippen molar-refractivity contribution >= 4 is 21.9 Å². The van der Waals surface area contributed by atoms with Crippen LogP contribution in [0, 0.1) is 0 Å². The molecule has 0 saturated heterocycles. The van der Waals surface area contributed by atoms with Crippen LogP contribution in [-0.4, -0.2) is 16.1 Å². The standard InChI is InChI=1S/C10H12BrNO2/c1-2-4-7(10(13)14)8-5-3-6-9(11)12-8/h3,5-7H,2,4H2,1H3,(H,13,14). The maximum Gasteiger partial charge on any atom is 0.312 e. The number of carboxylic acids is 1. The summed E-state index contributed by atoms with van der Waals surface area (Å²) in [6.45, 7) is 1.97. The molecule has 0 fully saturated rings. The molecule has 1 aromatic heterocycles. The number of aromatic nitrogens is 1. The molecule has 1 atom stereocenters. The molecule has 1 N–H and O–H groups in total. The molecule has 0 aliphatic carbocycles. The normalized spacial score (nSPS) is 12.4. The van der Waals surface area contributed by atoms with Gasteiger partial charge in [0.25, 0.3) is 0 Å². The van der Waals surface area contributed by atoms with Gasteiger partial charge in [-0.1, -0.05) is 19.4 Å². The van der Waals surface area contributed by atoms with Crippen LogP contribution in [0.15, 0.2) is 22.8 Å². The Morgan fingerprint density at radius 2 is 2.36 bits per heavy atom. The van der Waals surface area contributed by atoms with Gasteiger partial charge >= 0.3 is 5.97 Å². The summed E-state index contributed by atoms with van der Waals surface area (Å²) in [5, 5.41) is 8.99. The lowest BCUT2D eigenvalue weighted by molar-refractivity contribution is -0.139. The number of aliphatic carboxylic acids is 1. The highest BCUT2D eigenvalue weighted by atomic mass is 79.9. The summed E-state index contributed by atoms with van der Waals surface area (Å²) in [6, 6.07) is 5.34. The molecule has 0 spiro atoms. The van der Waals surface area contributed by atoms with Gasteiger partial charge in [0, 0.05) is 0 Å². The van der Waals surface area contributed by atoms with E-state index in [1.807, 2.05) is 6.92 Å². The van der Waals surface area contributed by atoms with Crippen molar-refractivity contribution in [1.29, 1.82) is 0 Å². The van der Waals surface area contributed by atoms with Gasteiger partial charge in [-0.15, -0.1) is 0 Å². The van der Waals surface area contributed by atoms with Gasteiger partial charge in [0.05, 0.1) is 11.6 Å². The molecule has 0 saturated carbocycles. The van der Waals surface area contributed by atoms with E-state index < -0.39 is 11.9 Å². The van der Waals surface area contributed by atoms with Crippen molar-refractivity contribution in [3.63, 3.8) is 0 Å². The van der Waals surface area contributed by atoms with E-state index in [1.165, 1.54) is 0 Å². The van der Waals surface area contributed by atoms with Gasteiger partial charge in [0.15, 0.2) is 0 Å². The van der Waals surface area contributed by atoms with Gasteiger partial charge in [0.2, 0.25) is 0 Å². The fourth-order valence-corrected chi connectivity index (χ4v) is 1.66. The van der Waals surface area contributed by atoms with E-state index in [0.717, 1.165) is 6.42 Å². The molecule has 0 aliphatic rings. The first-order valence-electron chi connectivity index (χ1n) is 4.50. The number of hydrogen-bond acceptors (Lipinski definition) is 2. The van der Waals surface area contributed by atoms with Crippen LogP contribution in [-0.2, 0) is 4.79 Å². The SMILES string of the molecule is CCCC(C(=O)O)c1cccc(Br)n1. The van der Waals surface area contributed by atoms with Crippen molar-refractivity contribution in [2.45, 2.75) is 25.7 Å². The molecule has 3 nitrogen and oxygen atoms in total. The Kier molecular flexibility index (Phi) is 4.07. The molecule has 0 amide bonds. The Bertz CT molecular complexity index is 328. The maximum absolute atomic E-state index is 10.9. The van der Waals surface area contributed by atoms with Gasteiger partial charge in [-0.2, -0.15) is 0 Å². The third-order valence-corrected chi connectivity index (χ3v) is 2.41. The first kappa shape index (κ1) is 11.2. The monoisotopic (exact) mass is 257 g/mol. The maximum atomic E-state index is 10.9. The van der Waals surface area contributed by atoms with Crippen molar-refractivity contribution in [3.05, 3.63) is 28.5 Å². The van der Waals surface area contributed by atoms with Gasteiger partial charge in [-0.3, -0.25) is 4.79 Å². The molecule has 14 heavy (non-hydrogen) atoms. The van der Waals surface area contributed by atoms with E-state index in [9.17, 15) is 4.79 Å². The smallest absolute Gasteiger partial charge is 0.312 e. The molecular formula is C10H12BrNO2. The average Bonchev–Trinajstić information content (AvgIpc) is 2.13. The van der Waals surface area contributed by atoms with Crippen molar-refractivity contribution in [3.8, 4) is 0 Å². The van der Waals surface area contributed by atoms with E-state index in [1.54, 1.807) is 18.2 Å². The van der Waals surface area contributed by atoms with E-state index in [-0.39, 0.29) is 0 Å². The van der Waals surface area contributed by atoms with Gasteiger partial charge in [-0.05, 0) is 34.5 Å². The van der Waals surface area contributed by atoms with Crippen LogP contribution in [0.5, 0.6) is 0 Å². The molecule has 1 heterocycles. The second-order valence-corrected chi connectivity index (χ2v) is 3.88. The summed E-state index contributed by atoms with van der Waals surface area (Å²) < 4.78 is 0.678. The minimum Gasteiger partial charge on any atom is -0.481 e. The van der Waals surface area contributed by atoms with Crippen molar-refractivity contribution in [2.75, 3.05) is 0 Å². The summed E-state index contributed by atoms with van der Waals surface area (Å²) in [6.07, 6.45) is 1.46. The number of nitrogens with zero attached hydrogens (tertiary/aromatic N) is 1.